The van der Waals surface area contributed by atoms with Crippen LogP contribution >= 0.6 is 0 Å². The molecule has 0 saturated carbocycles. The van der Waals surface area contributed by atoms with Crippen molar-refractivity contribution in [2.45, 2.75) is 68.2 Å². The van der Waals surface area contributed by atoms with Crippen LogP contribution in [-0.4, -0.2) is 13.5 Å². The lowest BCUT2D eigenvalue weighted by atomic mass is 10.0. The highest BCUT2D eigenvalue weighted by Gasteiger charge is 2.11. The molecule has 0 fully saturated rings. The van der Waals surface area contributed by atoms with Gasteiger partial charge in [-0.1, -0.05) is 84.9 Å². The van der Waals surface area contributed by atoms with Crippen LogP contribution in [0.15, 0.2) is 47.6 Å². The Morgan fingerprint density at radius 1 is 1.09 bits per heavy atom. The zero-order valence-corrected chi connectivity index (χ0v) is 16.7. The van der Waals surface area contributed by atoms with Crippen LogP contribution in [0.5, 0.6) is 0 Å². The molecule has 0 aromatic rings. The molecule has 0 spiro atoms. The van der Waals surface area contributed by atoms with Gasteiger partial charge in [0, 0.05) is 5.57 Å². The van der Waals surface area contributed by atoms with Gasteiger partial charge < -0.3 is 5.73 Å². The molecule has 0 aliphatic rings. The van der Waals surface area contributed by atoms with Crippen LogP contribution in [0.4, 0.5) is 8.78 Å². The first-order chi connectivity index (χ1) is 10.9. The highest BCUT2D eigenvalue weighted by atomic mass is 19.3. The highest BCUT2D eigenvalue weighted by Crippen LogP contribution is 2.20. The predicted molar refractivity (Wildman–Crippen MR) is 104 cm³/mol. The van der Waals surface area contributed by atoms with E-state index in [1.807, 2.05) is 61.5 Å². The summed E-state index contributed by atoms with van der Waals surface area (Å²) >= 11 is 0. The van der Waals surface area contributed by atoms with Crippen LogP contribution in [0.3, 0.4) is 0 Å². The molecule has 0 aromatic heterocycles. The van der Waals surface area contributed by atoms with Gasteiger partial charge in [0.2, 0.25) is 0 Å². The maximum Gasteiger partial charge on any atom is 0.264 e. The number of halogens is 2. The van der Waals surface area contributed by atoms with E-state index in [4.69, 9.17) is 0 Å². The molecular formula is C20H39F2N. The second-order valence-corrected chi connectivity index (χ2v) is 4.36. The van der Waals surface area contributed by atoms with Crippen LogP contribution in [0.2, 0.25) is 0 Å². The van der Waals surface area contributed by atoms with Crippen LogP contribution in [-0.2, 0) is 0 Å². The SMILES string of the molecule is C=CC(/C=C/C(C)C)=C(\C=C(/C)CC)C(F)F.CC.CC.CN. The Morgan fingerprint density at radius 2 is 1.52 bits per heavy atom. The molecule has 0 aliphatic heterocycles. The van der Waals surface area contributed by atoms with E-state index in [-0.39, 0.29) is 5.57 Å². The molecule has 0 bridgehead atoms. The molecule has 0 rings (SSSR count). The van der Waals surface area contributed by atoms with E-state index >= 15 is 0 Å². The fraction of sp³-hybridized carbons (Fsp3) is 0.600. The van der Waals surface area contributed by atoms with Crippen LogP contribution in [0.25, 0.3) is 0 Å². The molecule has 138 valence electrons. The second kappa shape index (κ2) is 23.1. The smallest absolute Gasteiger partial charge is 0.264 e. The average Bonchev–Trinajstić information content (AvgIpc) is 2.59. The normalized spacial score (nSPS) is 11.7. The number of hydrogen-bond donors (Lipinski definition) is 1. The summed E-state index contributed by atoms with van der Waals surface area (Å²) in [5.41, 5.74) is 6.00. The van der Waals surface area contributed by atoms with E-state index in [9.17, 15) is 8.78 Å². The molecule has 0 radical (unpaired) electrons. The van der Waals surface area contributed by atoms with Gasteiger partial charge in [0.15, 0.2) is 0 Å². The van der Waals surface area contributed by atoms with Gasteiger partial charge in [-0.2, -0.15) is 0 Å². The van der Waals surface area contributed by atoms with Crippen molar-refractivity contribution in [2.75, 3.05) is 7.05 Å². The fourth-order valence-corrected chi connectivity index (χ4v) is 1.22. The quantitative estimate of drug-likeness (QED) is 0.525. The summed E-state index contributed by atoms with van der Waals surface area (Å²) in [5.74, 6) is 0.333. The van der Waals surface area contributed by atoms with E-state index < -0.39 is 6.43 Å². The van der Waals surface area contributed by atoms with Gasteiger partial charge in [0.1, 0.15) is 0 Å². The monoisotopic (exact) mass is 331 g/mol. The lowest BCUT2D eigenvalue weighted by molar-refractivity contribution is 0.193. The summed E-state index contributed by atoms with van der Waals surface area (Å²) in [7, 11) is 1.50. The van der Waals surface area contributed by atoms with Crippen molar-refractivity contribution in [2.24, 2.45) is 11.7 Å². The van der Waals surface area contributed by atoms with Crippen molar-refractivity contribution >= 4 is 0 Å². The van der Waals surface area contributed by atoms with Gasteiger partial charge in [0.25, 0.3) is 6.43 Å². The highest BCUT2D eigenvalue weighted by molar-refractivity contribution is 5.42. The molecular weight excluding hydrogens is 292 g/mol. The van der Waals surface area contributed by atoms with Crippen LogP contribution in [0.1, 0.15) is 61.8 Å². The minimum atomic E-state index is -2.47. The first kappa shape index (κ1) is 29.7. The Hall–Kier alpha value is -1.22. The molecule has 0 amide bonds. The molecule has 23 heavy (non-hydrogen) atoms. The van der Waals surface area contributed by atoms with Gasteiger partial charge in [-0.3, -0.25) is 0 Å². The van der Waals surface area contributed by atoms with Crippen molar-refractivity contribution in [1.29, 1.82) is 0 Å². The third kappa shape index (κ3) is 18.7. The van der Waals surface area contributed by atoms with Crippen molar-refractivity contribution in [3.63, 3.8) is 0 Å². The summed E-state index contributed by atoms with van der Waals surface area (Å²) in [4.78, 5) is 0. The van der Waals surface area contributed by atoms with Crippen molar-refractivity contribution < 1.29 is 8.78 Å². The van der Waals surface area contributed by atoms with Gasteiger partial charge in [-0.15, -0.1) is 0 Å². The molecule has 0 unspecified atom stereocenters. The zero-order chi connectivity index (χ0) is 19.4. The molecule has 0 heterocycles. The lowest BCUT2D eigenvalue weighted by Gasteiger charge is -2.07. The van der Waals surface area contributed by atoms with Crippen molar-refractivity contribution in [3.8, 4) is 0 Å². The van der Waals surface area contributed by atoms with Gasteiger partial charge in [-0.05, 0) is 31.9 Å². The summed E-state index contributed by atoms with van der Waals surface area (Å²) in [6, 6.07) is 0. The van der Waals surface area contributed by atoms with Crippen molar-refractivity contribution in [1.82, 2.24) is 0 Å². The standard InChI is InChI=1S/C15H22F2.2C2H6.CH5N/c1-6-12(5)10-14(15(16)17)13(7-2)9-8-11(3)4;3*1-2/h7-11,15H,2,6H2,1,3-5H3;2*1-2H3;2H2,1H3/b9-8+,12-10+,14-13-;;;. The zero-order valence-electron chi connectivity index (χ0n) is 16.7. The Bertz CT molecular complexity index is 338. The lowest BCUT2D eigenvalue weighted by Crippen LogP contribution is -1.98. The maximum atomic E-state index is 13.0. The van der Waals surface area contributed by atoms with E-state index in [0.717, 1.165) is 12.0 Å². The molecule has 1 nitrogen and oxygen atoms in total. The number of rotatable bonds is 6. The van der Waals surface area contributed by atoms with Gasteiger partial charge in [0.05, 0.1) is 0 Å². The van der Waals surface area contributed by atoms with Gasteiger partial charge in [-0.25, -0.2) is 8.78 Å². The first-order valence-corrected chi connectivity index (χ1v) is 8.50. The molecule has 0 aliphatic carbocycles. The molecule has 0 aromatic carbocycles. The number of hydrogen-bond acceptors (Lipinski definition) is 1. The second-order valence-electron chi connectivity index (χ2n) is 4.36. The Kier molecular flexibility index (Phi) is 29.8. The minimum Gasteiger partial charge on any atom is -0.333 e. The summed E-state index contributed by atoms with van der Waals surface area (Å²) in [6.45, 7) is 19.4. The van der Waals surface area contributed by atoms with E-state index in [2.05, 4.69) is 12.3 Å². The van der Waals surface area contributed by atoms with Crippen LogP contribution in [0, 0.1) is 5.92 Å². The first-order valence-electron chi connectivity index (χ1n) is 8.50. The van der Waals surface area contributed by atoms with Crippen LogP contribution < -0.4 is 5.73 Å². The molecule has 3 heteroatoms. The van der Waals surface area contributed by atoms with Crippen molar-refractivity contribution in [3.05, 3.63) is 47.6 Å². The van der Waals surface area contributed by atoms with E-state index in [1.165, 1.54) is 13.1 Å². The molecule has 0 saturated heterocycles. The summed E-state index contributed by atoms with van der Waals surface area (Å²) in [5, 5.41) is 0. The Balaban J connectivity index is -0.000000267. The molecule has 2 N–H and O–H groups in total. The number of alkyl halides is 2. The Morgan fingerprint density at radius 3 is 1.78 bits per heavy atom. The topological polar surface area (TPSA) is 26.0 Å². The largest absolute Gasteiger partial charge is 0.333 e. The van der Waals surface area contributed by atoms with E-state index in [0.29, 0.717) is 11.5 Å². The third-order valence-electron chi connectivity index (χ3n) is 2.41. The molecule has 0 atom stereocenters. The van der Waals surface area contributed by atoms with Gasteiger partial charge >= 0.3 is 0 Å². The minimum absolute atomic E-state index is 0.0521. The number of nitrogens with two attached hydrogens (primary N) is 1. The number of allylic oxidation sites excluding steroid dienone is 7. The summed E-state index contributed by atoms with van der Waals surface area (Å²) in [6.07, 6.45) is 4.97. The fourth-order valence-electron chi connectivity index (χ4n) is 1.22. The predicted octanol–water partition coefficient (Wildman–Crippen LogP) is 6.93. The maximum absolute atomic E-state index is 13.0. The van der Waals surface area contributed by atoms with E-state index in [1.54, 1.807) is 12.2 Å². The average molecular weight is 332 g/mol. The third-order valence-corrected chi connectivity index (χ3v) is 2.41. The Labute approximate surface area is 144 Å². The summed E-state index contributed by atoms with van der Waals surface area (Å²) < 4.78 is 25.9.